The van der Waals surface area contributed by atoms with Crippen molar-refractivity contribution in [1.29, 1.82) is 0 Å². The highest BCUT2D eigenvalue weighted by Crippen LogP contribution is 2.21. The minimum atomic E-state index is -0.0127. The molecule has 1 saturated heterocycles. The second-order valence-electron chi connectivity index (χ2n) is 4.27. The van der Waals surface area contributed by atoms with Gasteiger partial charge in [0.05, 0.1) is 0 Å². The Hall–Kier alpha value is -1.20. The van der Waals surface area contributed by atoms with E-state index in [9.17, 15) is 4.79 Å². The molecule has 3 nitrogen and oxygen atoms in total. The number of nitrogens with one attached hydrogen (secondary N) is 1. The second-order valence-corrected chi connectivity index (χ2v) is 5.60. The third kappa shape index (κ3) is 2.62. The number of thiophene rings is 1. The van der Waals surface area contributed by atoms with Gasteiger partial charge in [-0.05, 0) is 48.6 Å². The molecule has 0 saturated carbocycles. The van der Waals surface area contributed by atoms with Crippen LogP contribution in [-0.4, -0.2) is 22.5 Å². The lowest BCUT2D eigenvalue weighted by molar-refractivity contribution is -0.122. The summed E-state index contributed by atoms with van der Waals surface area (Å²) in [5, 5.41) is 5.55. The first-order valence-corrected chi connectivity index (χ1v) is 7.31. The first-order valence-electron chi connectivity index (χ1n) is 6.02. The van der Waals surface area contributed by atoms with Crippen molar-refractivity contribution in [2.45, 2.75) is 26.7 Å². The average molecular weight is 280 g/mol. The predicted octanol–water partition coefficient (Wildman–Crippen LogP) is 2.91. The van der Waals surface area contributed by atoms with Gasteiger partial charge in [0.15, 0.2) is 5.11 Å². The van der Waals surface area contributed by atoms with E-state index in [1.807, 2.05) is 24.4 Å². The van der Waals surface area contributed by atoms with Gasteiger partial charge in [0.25, 0.3) is 5.91 Å². The average Bonchev–Trinajstić information content (AvgIpc) is 2.84. The normalized spacial score (nSPS) is 17.7. The number of hydrogen-bond acceptors (Lipinski definition) is 3. The van der Waals surface area contributed by atoms with Crippen LogP contribution in [0.15, 0.2) is 17.1 Å². The van der Waals surface area contributed by atoms with E-state index in [0.717, 1.165) is 17.7 Å². The lowest BCUT2D eigenvalue weighted by Gasteiger charge is -2.12. The lowest BCUT2D eigenvalue weighted by atomic mass is 10.2. The Morgan fingerprint density at radius 2 is 2.33 bits per heavy atom. The SMILES string of the molecule is CCCCN1C(=O)/C(=C\c2sccc2C)NC1=S. The van der Waals surface area contributed by atoms with E-state index < -0.39 is 0 Å². The summed E-state index contributed by atoms with van der Waals surface area (Å²) in [7, 11) is 0. The van der Waals surface area contributed by atoms with E-state index in [1.165, 1.54) is 5.56 Å². The third-order valence-electron chi connectivity index (χ3n) is 2.87. The Labute approximate surface area is 116 Å². The Morgan fingerprint density at radius 3 is 2.94 bits per heavy atom. The van der Waals surface area contributed by atoms with Gasteiger partial charge in [-0.2, -0.15) is 0 Å². The minimum Gasteiger partial charge on any atom is -0.328 e. The smallest absolute Gasteiger partial charge is 0.276 e. The first kappa shape index (κ1) is 13.2. The number of unbranched alkanes of at least 4 members (excludes halogenated alkanes) is 1. The number of rotatable bonds is 4. The molecule has 0 unspecified atom stereocenters. The van der Waals surface area contributed by atoms with Crippen LogP contribution in [-0.2, 0) is 4.79 Å². The van der Waals surface area contributed by atoms with Crippen LogP contribution >= 0.6 is 23.6 Å². The quantitative estimate of drug-likeness (QED) is 0.680. The van der Waals surface area contributed by atoms with Gasteiger partial charge in [0.1, 0.15) is 5.70 Å². The zero-order chi connectivity index (χ0) is 13.1. The zero-order valence-electron chi connectivity index (χ0n) is 10.5. The van der Waals surface area contributed by atoms with Crippen LogP contribution in [0.5, 0.6) is 0 Å². The first-order chi connectivity index (χ1) is 8.63. The predicted molar refractivity (Wildman–Crippen MR) is 79.4 cm³/mol. The van der Waals surface area contributed by atoms with Crippen molar-refractivity contribution in [2.75, 3.05) is 6.54 Å². The molecule has 2 rings (SSSR count). The molecule has 2 heterocycles. The van der Waals surface area contributed by atoms with Crippen molar-refractivity contribution in [3.8, 4) is 0 Å². The monoisotopic (exact) mass is 280 g/mol. The number of carbonyl (C=O) groups excluding carboxylic acids is 1. The van der Waals surface area contributed by atoms with Crippen molar-refractivity contribution < 1.29 is 4.79 Å². The maximum Gasteiger partial charge on any atom is 0.276 e. The number of aryl methyl sites for hydroxylation is 1. The summed E-state index contributed by atoms with van der Waals surface area (Å²) < 4.78 is 0. The third-order valence-corrected chi connectivity index (χ3v) is 4.16. The Bertz CT molecular complexity index is 505. The van der Waals surface area contributed by atoms with Gasteiger partial charge in [0.2, 0.25) is 0 Å². The highest BCUT2D eigenvalue weighted by molar-refractivity contribution is 7.80. The van der Waals surface area contributed by atoms with Crippen LogP contribution in [0.25, 0.3) is 6.08 Å². The molecule has 0 atom stereocenters. The fourth-order valence-electron chi connectivity index (χ4n) is 1.75. The second kappa shape index (κ2) is 5.63. The molecule has 1 fully saturated rings. The molecular formula is C13H16N2OS2. The maximum atomic E-state index is 12.2. The maximum absolute atomic E-state index is 12.2. The highest BCUT2D eigenvalue weighted by atomic mass is 32.1. The molecule has 0 bridgehead atoms. The molecule has 1 aliphatic rings. The molecule has 5 heteroatoms. The van der Waals surface area contributed by atoms with Gasteiger partial charge in [-0.3, -0.25) is 9.69 Å². The molecule has 0 aliphatic carbocycles. The van der Waals surface area contributed by atoms with Gasteiger partial charge in [-0.15, -0.1) is 11.3 Å². The summed E-state index contributed by atoms with van der Waals surface area (Å²) >= 11 is 6.82. The molecule has 1 aromatic heterocycles. The summed E-state index contributed by atoms with van der Waals surface area (Å²) in [6.07, 6.45) is 3.91. The van der Waals surface area contributed by atoms with Crippen molar-refractivity contribution >= 4 is 40.7 Å². The van der Waals surface area contributed by atoms with Gasteiger partial charge in [-0.25, -0.2) is 0 Å². The molecule has 0 aromatic carbocycles. The van der Waals surface area contributed by atoms with Crippen LogP contribution in [0.2, 0.25) is 0 Å². The Morgan fingerprint density at radius 1 is 1.56 bits per heavy atom. The van der Waals surface area contributed by atoms with Gasteiger partial charge < -0.3 is 5.32 Å². The largest absolute Gasteiger partial charge is 0.328 e. The van der Waals surface area contributed by atoms with Crippen LogP contribution in [0.1, 0.15) is 30.2 Å². The molecule has 0 radical (unpaired) electrons. The molecule has 1 amide bonds. The molecule has 96 valence electrons. The van der Waals surface area contributed by atoms with Gasteiger partial charge in [0, 0.05) is 11.4 Å². The summed E-state index contributed by atoms with van der Waals surface area (Å²) in [4.78, 5) is 14.9. The van der Waals surface area contributed by atoms with Crippen molar-refractivity contribution in [1.82, 2.24) is 10.2 Å². The number of hydrogen-bond donors (Lipinski definition) is 1. The summed E-state index contributed by atoms with van der Waals surface area (Å²) in [6, 6.07) is 2.05. The number of carbonyl (C=O) groups is 1. The Balaban J connectivity index is 2.17. The number of amides is 1. The molecule has 1 aliphatic heterocycles. The molecule has 1 N–H and O–H groups in total. The molecule has 1 aromatic rings. The van der Waals surface area contributed by atoms with Gasteiger partial charge >= 0.3 is 0 Å². The van der Waals surface area contributed by atoms with E-state index in [4.69, 9.17) is 12.2 Å². The van der Waals surface area contributed by atoms with Crippen molar-refractivity contribution in [3.05, 3.63) is 27.6 Å². The molecule has 0 spiro atoms. The molecular weight excluding hydrogens is 264 g/mol. The summed E-state index contributed by atoms with van der Waals surface area (Å²) in [5.41, 5.74) is 1.77. The van der Waals surface area contributed by atoms with E-state index in [-0.39, 0.29) is 5.91 Å². The lowest BCUT2D eigenvalue weighted by Crippen LogP contribution is -2.31. The minimum absolute atomic E-state index is 0.0127. The topological polar surface area (TPSA) is 32.3 Å². The van der Waals surface area contributed by atoms with Crippen LogP contribution in [0, 0.1) is 6.92 Å². The summed E-state index contributed by atoms with van der Waals surface area (Å²) in [6.45, 7) is 4.83. The Kier molecular flexibility index (Phi) is 4.14. The fraction of sp³-hybridized carbons (Fsp3) is 0.385. The fourth-order valence-corrected chi connectivity index (χ4v) is 2.90. The zero-order valence-corrected chi connectivity index (χ0v) is 12.2. The van der Waals surface area contributed by atoms with Crippen LogP contribution in [0.3, 0.4) is 0 Å². The highest BCUT2D eigenvalue weighted by Gasteiger charge is 2.29. The van der Waals surface area contributed by atoms with Crippen molar-refractivity contribution in [3.63, 3.8) is 0 Å². The number of thiocarbonyl (C=S) groups is 1. The number of nitrogens with zero attached hydrogens (tertiary/aromatic N) is 1. The van der Waals surface area contributed by atoms with E-state index in [1.54, 1.807) is 16.2 Å². The van der Waals surface area contributed by atoms with Crippen molar-refractivity contribution in [2.24, 2.45) is 0 Å². The van der Waals surface area contributed by atoms with Crippen LogP contribution < -0.4 is 5.32 Å². The van der Waals surface area contributed by atoms with Crippen LogP contribution in [0.4, 0.5) is 0 Å². The van der Waals surface area contributed by atoms with E-state index in [2.05, 4.69) is 12.2 Å². The van der Waals surface area contributed by atoms with Gasteiger partial charge in [-0.1, -0.05) is 13.3 Å². The standard InChI is InChI=1S/C13H16N2OS2/c1-3-4-6-15-12(16)10(14-13(15)17)8-11-9(2)5-7-18-11/h5,7-8H,3-4,6H2,1-2H3,(H,14,17)/b10-8+. The van der Waals surface area contributed by atoms with E-state index in [0.29, 0.717) is 17.4 Å². The van der Waals surface area contributed by atoms with E-state index >= 15 is 0 Å². The molecule has 18 heavy (non-hydrogen) atoms. The summed E-state index contributed by atoms with van der Waals surface area (Å²) in [5.74, 6) is -0.0127.